The van der Waals surface area contributed by atoms with Crippen molar-refractivity contribution in [1.29, 1.82) is 0 Å². The molecule has 0 aromatic rings. The number of ether oxygens (including phenoxy) is 2. The van der Waals surface area contributed by atoms with Gasteiger partial charge in [-0.1, -0.05) is 0 Å². The molecule has 0 aromatic heterocycles. The van der Waals surface area contributed by atoms with Crippen LogP contribution in [0, 0.1) is 0 Å². The Balaban J connectivity index is 1.97. The van der Waals surface area contributed by atoms with Crippen LogP contribution in [0.25, 0.3) is 0 Å². The Morgan fingerprint density at radius 1 is 1.17 bits per heavy atom. The van der Waals surface area contributed by atoms with Crippen LogP contribution < -0.4 is 0 Å². The number of rotatable bonds is 0. The van der Waals surface area contributed by atoms with Crippen LogP contribution in [-0.4, -0.2) is 30.8 Å². The number of halogens is 1. The maximum atomic E-state index is 6.12. The average molecular weight is 191 g/mol. The molecule has 2 aliphatic heterocycles. The van der Waals surface area contributed by atoms with Crippen LogP contribution in [0.15, 0.2) is 0 Å². The van der Waals surface area contributed by atoms with Crippen molar-refractivity contribution in [2.45, 2.75) is 36.7 Å². The number of alkyl halides is 1. The van der Waals surface area contributed by atoms with E-state index in [1.54, 1.807) is 0 Å². The summed E-state index contributed by atoms with van der Waals surface area (Å²) in [4.78, 5) is 0. The monoisotopic (exact) mass is 190 g/mol. The summed E-state index contributed by atoms with van der Waals surface area (Å²) in [5.41, 5.74) is 0.0723. The lowest BCUT2D eigenvalue weighted by Gasteiger charge is -2.41. The van der Waals surface area contributed by atoms with Crippen molar-refractivity contribution >= 4 is 11.6 Å². The second kappa shape index (κ2) is 3.52. The van der Waals surface area contributed by atoms with Crippen molar-refractivity contribution in [1.82, 2.24) is 0 Å². The average Bonchev–Trinajstić information content (AvgIpc) is 2.05. The van der Waals surface area contributed by atoms with Gasteiger partial charge in [-0.3, -0.25) is 0 Å². The van der Waals surface area contributed by atoms with Gasteiger partial charge >= 0.3 is 0 Å². The second-order valence-corrected chi connectivity index (χ2v) is 4.35. The molecule has 70 valence electrons. The Hall–Kier alpha value is 0.210. The van der Waals surface area contributed by atoms with E-state index in [4.69, 9.17) is 21.1 Å². The van der Waals surface area contributed by atoms with Crippen LogP contribution in [-0.2, 0) is 9.47 Å². The minimum atomic E-state index is 0.0723. The third kappa shape index (κ3) is 1.76. The molecule has 12 heavy (non-hydrogen) atoms. The van der Waals surface area contributed by atoms with E-state index in [2.05, 4.69) is 0 Å². The third-order valence-corrected chi connectivity index (χ3v) is 3.21. The lowest BCUT2D eigenvalue weighted by atomic mass is 9.86. The highest BCUT2D eigenvalue weighted by molar-refractivity contribution is 6.20. The van der Waals surface area contributed by atoms with Gasteiger partial charge in [0.2, 0.25) is 0 Å². The molecule has 3 heteroatoms. The first-order valence-corrected chi connectivity index (χ1v) is 5.10. The molecule has 2 aliphatic rings. The largest absolute Gasteiger partial charge is 0.381 e. The van der Waals surface area contributed by atoms with Gasteiger partial charge in [-0.15, -0.1) is 11.6 Å². The molecule has 2 rings (SSSR count). The smallest absolute Gasteiger partial charge is 0.0740 e. The topological polar surface area (TPSA) is 18.5 Å². The van der Waals surface area contributed by atoms with Gasteiger partial charge in [0, 0.05) is 25.2 Å². The van der Waals surface area contributed by atoms with Crippen molar-refractivity contribution in [2.75, 3.05) is 19.8 Å². The number of hydrogen-bond donors (Lipinski definition) is 0. The van der Waals surface area contributed by atoms with Crippen LogP contribution >= 0.6 is 11.6 Å². The summed E-state index contributed by atoms with van der Waals surface area (Å²) in [6, 6.07) is 0. The Labute approximate surface area is 78.2 Å². The predicted octanol–water partition coefficient (Wildman–Crippen LogP) is 1.95. The van der Waals surface area contributed by atoms with Crippen LogP contribution in [0.2, 0.25) is 0 Å². The van der Waals surface area contributed by atoms with Gasteiger partial charge < -0.3 is 9.47 Å². The minimum absolute atomic E-state index is 0.0723. The molecular formula is C9H15ClO2. The molecule has 0 N–H and O–H groups in total. The molecule has 2 heterocycles. The normalized spacial score (nSPS) is 35.2. The van der Waals surface area contributed by atoms with E-state index in [1.807, 2.05) is 0 Å². The summed E-state index contributed by atoms with van der Waals surface area (Å²) in [5, 5.41) is 0.317. The Kier molecular flexibility index (Phi) is 2.58. The predicted molar refractivity (Wildman–Crippen MR) is 47.6 cm³/mol. The minimum Gasteiger partial charge on any atom is -0.381 e. The molecule has 0 aliphatic carbocycles. The fourth-order valence-corrected chi connectivity index (χ4v) is 2.43. The van der Waals surface area contributed by atoms with Crippen molar-refractivity contribution < 1.29 is 9.47 Å². The Morgan fingerprint density at radius 3 is 2.58 bits per heavy atom. The van der Waals surface area contributed by atoms with Gasteiger partial charge in [-0.05, 0) is 25.7 Å². The van der Waals surface area contributed by atoms with Gasteiger partial charge in [0.05, 0.1) is 5.60 Å². The van der Waals surface area contributed by atoms with E-state index >= 15 is 0 Å². The van der Waals surface area contributed by atoms with Crippen molar-refractivity contribution in [3.05, 3.63) is 0 Å². The van der Waals surface area contributed by atoms with E-state index in [-0.39, 0.29) is 5.60 Å². The SMILES string of the molecule is ClC1CCOC2(CCOCC2)C1. The molecule has 2 saturated heterocycles. The van der Waals surface area contributed by atoms with Crippen LogP contribution in [0.1, 0.15) is 25.7 Å². The zero-order chi connectivity index (χ0) is 8.44. The second-order valence-electron chi connectivity index (χ2n) is 3.73. The summed E-state index contributed by atoms with van der Waals surface area (Å²) in [5.74, 6) is 0. The maximum Gasteiger partial charge on any atom is 0.0740 e. The summed E-state index contributed by atoms with van der Waals surface area (Å²) < 4.78 is 11.1. The van der Waals surface area contributed by atoms with Gasteiger partial charge in [-0.25, -0.2) is 0 Å². The van der Waals surface area contributed by atoms with E-state index in [0.29, 0.717) is 5.38 Å². The quantitative estimate of drug-likeness (QED) is 0.544. The molecule has 0 saturated carbocycles. The summed E-state index contributed by atoms with van der Waals surface area (Å²) in [6.07, 6.45) is 4.06. The standard InChI is InChI=1S/C9H15ClO2/c10-8-1-4-12-9(7-8)2-5-11-6-3-9/h8H,1-7H2. The first-order valence-electron chi connectivity index (χ1n) is 4.67. The summed E-state index contributed by atoms with van der Waals surface area (Å²) >= 11 is 6.12. The van der Waals surface area contributed by atoms with Gasteiger partial charge in [-0.2, -0.15) is 0 Å². The van der Waals surface area contributed by atoms with Crippen molar-refractivity contribution in [3.63, 3.8) is 0 Å². The molecule has 0 aromatic carbocycles. The highest BCUT2D eigenvalue weighted by Crippen LogP contribution is 2.35. The summed E-state index contributed by atoms with van der Waals surface area (Å²) in [6.45, 7) is 2.50. The Bertz CT molecular complexity index is 149. The van der Waals surface area contributed by atoms with Crippen LogP contribution in [0.3, 0.4) is 0 Å². The molecule has 0 radical (unpaired) electrons. The van der Waals surface area contributed by atoms with E-state index in [9.17, 15) is 0 Å². The first kappa shape index (κ1) is 8.79. The van der Waals surface area contributed by atoms with Gasteiger partial charge in [0.1, 0.15) is 0 Å². The third-order valence-electron chi connectivity index (χ3n) is 2.84. The molecule has 1 spiro atoms. The molecule has 0 bridgehead atoms. The zero-order valence-corrected chi connectivity index (χ0v) is 7.98. The first-order chi connectivity index (χ1) is 5.81. The lowest BCUT2D eigenvalue weighted by Crippen LogP contribution is -2.44. The number of hydrogen-bond acceptors (Lipinski definition) is 2. The summed E-state index contributed by atoms with van der Waals surface area (Å²) in [7, 11) is 0. The fourth-order valence-electron chi connectivity index (χ4n) is 2.06. The van der Waals surface area contributed by atoms with Crippen molar-refractivity contribution in [3.8, 4) is 0 Å². The van der Waals surface area contributed by atoms with E-state index in [0.717, 1.165) is 45.5 Å². The molecule has 2 fully saturated rings. The van der Waals surface area contributed by atoms with E-state index in [1.165, 1.54) is 0 Å². The fraction of sp³-hybridized carbons (Fsp3) is 1.00. The highest BCUT2D eigenvalue weighted by atomic mass is 35.5. The van der Waals surface area contributed by atoms with Gasteiger partial charge in [0.25, 0.3) is 0 Å². The van der Waals surface area contributed by atoms with Crippen molar-refractivity contribution in [2.24, 2.45) is 0 Å². The Morgan fingerprint density at radius 2 is 1.92 bits per heavy atom. The molecule has 1 unspecified atom stereocenters. The van der Waals surface area contributed by atoms with Crippen LogP contribution in [0.4, 0.5) is 0 Å². The van der Waals surface area contributed by atoms with Gasteiger partial charge in [0.15, 0.2) is 0 Å². The highest BCUT2D eigenvalue weighted by Gasteiger charge is 2.38. The molecular weight excluding hydrogens is 176 g/mol. The van der Waals surface area contributed by atoms with E-state index < -0.39 is 0 Å². The maximum absolute atomic E-state index is 6.12. The molecule has 2 nitrogen and oxygen atoms in total. The van der Waals surface area contributed by atoms with Crippen LogP contribution in [0.5, 0.6) is 0 Å². The lowest BCUT2D eigenvalue weighted by molar-refractivity contribution is -0.132. The zero-order valence-electron chi connectivity index (χ0n) is 7.22. The molecule has 1 atom stereocenters. The molecule has 0 amide bonds.